The fourth-order valence-corrected chi connectivity index (χ4v) is 1.96. The molecule has 130 valence electrons. The van der Waals surface area contributed by atoms with E-state index in [1.165, 1.54) is 36.5 Å². The molecule has 9 heteroatoms. The minimum absolute atomic E-state index is 0.0618. The zero-order valence-corrected chi connectivity index (χ0v) is 13.4. The zero-order chi connectivity index (χ0) is 18.2. The van der Waals surface area contributed by atoms with E-state index in [4.69, 9.17) is 4.74 Å². The van der Waals surface area contributed by atoms with Gasteiger partial charge in [-0.2, -0.15) is 5.10 Å². The topological polar surface area (TPSA) is 120 Å². The first-order chi connectivity index (χ1) is 12.0. The smallest absolute Gasteiger partial charge is 0.311 e. The summed E-state index contributed by atoms with van der Waals surface area (Å²) in [5, 5.41) is 25.8. The lowest BCUT2D eigenvalue weighted by atomic mass is 10.2. The molecule has 0 aliphatic heterocycles. The van der Waals surface area contributed by atoms with Crippen molar-refractivity contribution in [3.8, 4) is 5.75 Å². The molecule has 0 atom stereocenters. The highest BCUT2D eigenvalue weighted by molar-refractivity contribution is 5.82. The van der Waals surface area contributed by atoms with Gasteiger partial charge in [-0.15, -0.1) is 0 Å². The average molecular weight is 344 g/mol. The van der Waals surface area contributed by atoms with Gasteiger partial charge in [-0.05, 0) is 24.6 Å². The van der Waals surface area contributed by atoms with Gasteiger partial charge < -0.3 is 4.74 Å². The maximum atomic E-state index is 11.1. The summed E-state index contributed by atoms with van der Waals surface area (Å²) in [4.78, 5) is 20.8. The first-order valence-corrected chi connectivity index (χ1v) is 7.46. The number of nitro groups is 2. The summed E-state index contributed by atoms with van der Waals surface area (Å²) in [6.45, 7) is 2.30. The largest absolute Gasteiger partial charge is 0.487 e. The monoisotopic (exact) mass is 344 g/mol. The van der Waals surface area contributed by atoms with E-state index >= 15 is 0 Å². The second kappa shape index (κ2) is 8.39. The van der Waals surface area contributed by atoms with Crippen LogP contribution >= 0.6 is 0 Å². The number of rotatable bonds is 8. The predicted octanol–water partition coefficient (Wildman–Crippen LogP) is 3.74. The number of hydrogen-bond donors (Lipinski definition) is 1. The molecule has 25 heavy (non-hydrogen) atoms. The minimum Gasteiger partial charge on any atom is -0.487 e. The van der Waals surface area contributed by atoms with Crippen LogP contribution in [0.25, 0.3) is 0 Å². The van der Waals surface area contributed by atoms with Crippen molar-refractivity contribution >= 4 is 23.3 Å². The Kier molecular flexibility index (Phi) is 5.99. The summed E-state index contributed by atoms with van der Waals surface area (Å²) in [5.74, 6) is 0.204. The number of non-ortho nitro benzene ring substituents is 1. The Morgan fingerprint density at radius 2 is 1.96 bits per heavy atom. The Bertz CT molecular complexity index is 807. The van der Waals surface area contributed by atoms with E-state index in [9.17, 15) is 20.2 Å². The van der Waals surface area contributed by atoms with E-state index < -0.39 is 9.85 Å². The van der Waals surface area contributed by atoms with E-state index in [0.717, 1.165) is 6.42 Å². The molecule has 0 aliphatic carbocycles. The van der Waals surface area contributed by atoms with Crippen LogP contribution in [0.3, 0.4) is 0 Å². The van der Waals surface area contributed by atoms with Crippen LogP contribution in [0.4, 0.5) is 17.1 Å². The Morgan fingerprint density at radius 3 is 2.64 bits per heavy atom. The lowest BCUT2D eigenvalue weighted by molar-refractivity contribution is -0.385. The second-order valence-corrected chi connectivity index (χ2v) is 5.01. The summed E-state index contributed by atoms with van der Waals surface area (Å²) in [6, 6.07) is 10.4. The molecular formula is C16H16N4O5. The molecule has 0 unspecified atom stereocenters. The van der Waals surface area contributed by atoms with Gasteiger partial charge in [0.25, 0.3) is 5.69 Å². The molecule has 0 aliphatic rings. The van der Waals surface area contributed by atoms with Crippen molar-refractivity contribution in [1.82, 2.24) is 0 Å². The maximum Gasteiger partial charge on any atom is 0.311 e. The number of hydrogen-bond acceptors (Lipinski definition) is 7. The molecule has 0 saturated carbocycles. The molecule has 9 nitrogen and oxygen atoms in total. The summed E-state index contributed by atoms with van der Waals surface area (Å²) in [7, 11) is 0. The number of benzene rings is 2. The molecule has 2 aromatic rings. The fraction of sp³-hybridized carbons (Fsp3) is 0.188. The summed E-state index contributed by atoms with van der Waals surface area (Å²) in [5.41, 5.74) is 3.37. The Morgan fingerprint density at radius 1 is 1.16 bits per heavy atom. The molecule has 0 heterocycles. The van der Waals surface area contributed by atoms with Crippen molar-refractivity contribution in [3.05, 3.63) is 68.3 Å². The lowest BCUT2D eigenvalue weighted by Gasteiger charge is -2.05. The van der Waals surface area contributed by atoms with Gasteiger partial charge in [0, 0.05) is 23.8 Å². The third kappa shape index (κ3) is 4.99. The quantitative estimate of drug-likeness (QED) is 0.442. The van der Waals surface area contributed by atoms with E-state index in [1.807, 2.05) is 6.92 Å². The molecule has 0 radical (unpaired) electrons. The van der Waals surface area contributed by atoms with Crippen LogP contribution in [0.1, 0.15) is 18.9 Å². The average Bonchev–Trinajstić information content (AvgIpc) is 2.60. The second-order valence-electron chi connectivity index (χ2n) is 5.01. The van der Waals surface area contributed by atoms with Gasteiger partial charge in [-0.1, -0.05) is 13.0 Å². The Labute approximate surface area is 143 Å². The van der Waals surface area contributed by atoms with Crippen LogP contribution < -0.4 is 10.2 Å². The predicted molar refractivity (Wildman–Crippen MR) is 93.2 cm³/mol. The third-order valence-electron chi connectivity index (χ3n) is 3.11. The summed E-state index contributed by atoms with van der Waals surface area (Å²) in [6.07, 6.45) is 2.13. The Hall–Kier alpha value is -3.49. The van der Waals surface area contributed by atoms with Gasteiger partial charge in [-0.3, -0.25) is 25.7 Å². The normalized spacial score (nSPS) is 10.6. The highest BCUT2D eigenvalue weighted by atomic mass is 16.6. The van der Waals surface area contributed by atoms with Crippen molar-refractivity contribution in [2.75, 3.05) is 12.0 Å². The number of ether oxygens (including phenoxy) is 1. The third-order valence-corrected chi connectivity index (χ3v) is 3.11. The van der Waals surface area contributed by atoms with Gasteiger partial charge in [0.15, 0.2) is 5.75 Å². The molecule has 0 amide bonds. The fourth-order valence-electron chi connectivity index (χ4n) is 1.96. The molecule has 0 bridgehead atoms. The number of nitro benzene ring substituents is 2. The van der Waals surface area contributed by atoms with Crippen LogP contribution in [0.15, 0.2) is 47.6 Å². The van der Waals surface area contributed by atoms with Gasteiger partial charge in [0.05, 0.1) is 28.4 Å². The summed E-state index contributed by atoms with van der Waals surface area (Å²) < 4.78 is 5.35. The number of hydrazone groups is 1. The molecule has 2 rings (SSSR count). The number of nitrogens with zero attached hydrogens (tertiary/aromatic N) is 3. The van der Waals surface area contributed by atoms with Crippen LogP contribution in [-0.2, 0) is 0 Å². The van der Waals surface area contributed by atoms with Crippen LogP contribution in [0.2, 0.25) is 0 Å². The molecule has 0 saturated heterocycles. The van der Waals surface area contributed by atoms with Gasteiger partial charge in [-0.25, -0.2) is 0 Å². The molecule has 0 fully saturated rings. The van der Waals surface area contributed by atoms with Crippen LogP contribution in [-0.4, -0.2) is 22.7 Å². The van der Waals surface area contributed by atoms with Gasteiger partial charge in [0.2, 0.25) is 0 Å². The van der Waals surface area contributed by atoms with E-state index in [2.05, 4.69) is 10.5 Å². The minimum atomic E-state index is -0.518. The highest BCUT2D eigenvalue weighted by Gasteiger charge is 2.15. The molecule has 0 aromatic heterocycles. The van der Waals surface area contributed by atoms with Crippen molar-refractivity contribution in [2.45, 2.75) is 13.3 Å². The first-order valence-electron chi connectivity index (χ1n) is 7.46. The number of nitrogens with one attached hydrogen (secondary N) is 1. The summed E-state index contributed by atoms with van der Waals surface area (Å²) >= 11 is 0. The Balaban J connectivity index is 2.12. The molecule has 2 aromatic carbocycles. The lowest BCUT2D eigenvalue weighted by Crippen LogP contribution is -2.00. The van der Waals surface area contributed by atoms with Crippen LogP contribution in [0, 0.1) is 20.2 Å². The zero-order valence-electron chi connectivity index (χ0n) is 13.4. The highest BCUT2D eigenvalue weighted by Crippen LogP contribution is 2.27. The van der Waals surface area contributed by atoms with E-state index in [1.54, 1.807) is 12.1 Å². The standard InChI is InChI=1S/C16H16N4O5/c1-2-8-25-16-7-6-12(9-15(16)20(23)24)11-17-18-13-4-3-5-14(10-13)19(21)22/h3-7,9-11,18H,2,8H2,1H3. The van der Waals surface area contributed by atoms with E-state index in [0.29, 0.717) is 17.9 Å². The van der Waals surface area contributed by atoms with Crippen molar-refractivity contribution in [3.63, 3.8) is 0 Å². The van der Waals surface area contributed by atoms with Gasteiger partial charge >= 0.3 is 5.69 Å². The van der Waals surface area contributed by atoms with Crippen molar-refractivity contribution in [1.29, 1.82) is 0 Å². The van der Waals surface area contributed by atoms with Gasteiger partial charge in [0.1, 0.15) is 0 Å². The molecule has 0 spiro atoms. The van der Waals surface area contributed by atoms with Crippen LogP contribution in [0.5, 0.6) is 5.75 Å². The van der Waals surface area contributed by atoms with Crippen molar-refractivity contribution in [2.24, 2.45) is 5.10 Å². The molecule has 1 N–H and O–H groups in total. The SMILES string of the molecule is CCCOc1ccc(C=NNc2cccc([N+](=O)[O-])c2)cc1[N+](=O)[O-]. The maximum absolute atomic E-state index is 11.1. The van der Waals surface area contributed by atoms with Crippen molar-refractivity contribution < 1.29 is 14.6 Å². The number of anilines is 1. The first kappa shape index (κ1) is 17.9. The van der Waals surface area contributed by atoms with E-state index in [-0.39, 0.29) is 17.1 Å². The molecular weight excluding hydrogens is 328 g/mol.